The van der Waals surface area contributed by atoms with Crippen molar-refractivity contribution in [3.05, 3.63) is 24.0 Å². The molecular weight excluding hydrogens is 283 g/mol. The lowest BCUT2D eigenvalue weighted by Gasteiger charge is -2.24. The molecule has 0 radical (unpaired) electrons. The van der Waals surface area contributed by atoms with Crippen molar-refractivity contribution in [2.45, 2.75) is 37.6 Å². The topological polar surface area (TPSA) is 89.3 Å². The van der Waals surface area contributed by atoms with E-state index in [1.165, 1.54) is 0 Å². The molecule has 0 aliphatic carbocycles. The van der Waals surface area contributed by atoms with E-state index in [0.29, 0.717) is 6.42 Å². The maximum absolute atomic E-state index is 13.2. The highest BCUT2D eigenvalue weighted by molar-refractivity contribution is 7.92. The molecule has 0 bridgehead atoms. The van der Waals surface area contributed by atoms with Gasteiger partial charge in [-0.3, -0.25) is 4.79 Å². The number of sulfone groups is 1. The van der Waals surface area contributed by atoms with E-state index >= 15 is 0 Å². The van der Waals surface area contributed by atoms with Gasteiger partial charge in [0.15, 0.2) is 9.84 Å². The lowest BCUT2D eigenvalue weighted by molar-refractivity contribution is -0.120. The van der Waals surface area contributed by atoms with Gasteiger partial charge in [-0.1, -0.05) is 6.92 Å². The van der Waals surface area contributed by atoms with Gasteiger partial charge in [0.1, 0.15) is 11.6 Å². The summed E-state index contributed by atoms with van der Waals surface area (Å²) in [6.45, 7) is 5.46. The van der Waals surface area contributed by atoms with Crippen LogP contribution in [-0.4, -0.2) is 25.6 Å². The molecule has 0 aromatic heterocycles. The zero-order chi connectivity index (χ0) is 15.6. The van der Waals surface area contributed by atoms with Crippen LogP contribution < -0.4 is 11.1 Å². The minimum absolute atomic E-state index is 0.00197. The highest BCUT2D eigenvalue weighted by Crippen LogP contribution is 2.17. The van der Waals surface area contributed by atoms with Crippen molar-refractivity contribution in [1.29, 1.82) is 0 Å². The molecule has 0 aliphatic rings. The molecular formula is C13H19FN2O3S. The quantitative estimate of drug-likeness (QED) is 0.806. The zero-order valence-corrected chi connectivity index (χ0v) is 12.6. The number of hydrogen-bond acceptors (Lipinski definition) is 4. The van der Waals surface area contributed by atoms with E-state index in [0.717, 1.165) is 18.2 Å². The fourth-order valence-electron chi connectivity index (χ4n) is 1.52. The molecule has 1 rings (SSSR count). The third kappa shape index (κ3) is 4.48. The van der Waals surface area contributed by atoms with Crippen LogP contribution in [0, 0.1) is 5.82 Å². The second kappa shape index (κ2) is 5.78. The number of benzene rings is 1. The zero-order valence-electron chi connectivity index (χ0n) is 11.7. The molecule has 0 atom stereocenters. The summed E-state index contributed by atoms with van der Waals surface area (Å²) in [5, 5.41) is 2.62. The number of nitrogens with one attached hydrogen (secondary N) is 1. The average molecular weight is 302 g/mol. The first-order chi connectivity index (χ1) is 9.05. The minimum Gasteiger partial charge on any atom is -0.399 e. The molecule has 0 saturated carbocycles. The van der Waals surface area contributed by atoms with Crippen molar-refractivity contribution in [3.63, 3.8) is 0 Å². The van der Waals surface area contributed by atoms with Gasteiger partial charge in [0.05, 0.1) is 4.90 Å². The molecule has 0 unspecified atom stereocenters. The van der Waals surface area contributed by atoms with E-state index in [-0.39, 0.29) is 10.6 Å². The van der Waals surface area contributed by atoms with Crippen molar-refractivity contribution >= 4 is 21.4 Å². The van der Waals surface area contributed by atoms with E-state index in [2.05, 4.69) is 5.32 Å². The third-order valence-electron chi connectivity index (χ3n) is 2.94. The van der Waals surface area contributed by atoms with Crippen molar-refractivity contribution in [2.24, 2.45) is 0 Å². The number of hydrogen-bond donors (Lipinski definition) is 2. The highest BCUT2D eigenvalue weighted by atomic mass is 32.2. The third-order valence-corrected chi connectivity index (χ3v) is 4.53. The first kappa shape index (κ1) is 16.4. The maximum Gasteiger partial charge on any atom is 0.235 e. The van der Waals surface area contributed by atoms with Gasteiger partial charge in [0.2, 0.25) is 5.91 Å². The van der Waals surface area contributed by atoms with Crippen LogP contribution in [0.4, 0.5) is 10.1 Å². The van der Waals surface area contributed by atoms with E-state index in [4.69, 9.17) is 5.73 Å². The van der Waals surface area contributed by atoms with Crippen molar-refractivity contribution in [3.8, 4) is 0 Å². The molecule has 1 aromatic rings. The Morgan fingerprint density at radius 3 is 2.45 bits per heavy atom. The van der Waals surface area contributed by atoms with Crippen molar-refractivity contribution in [2.75, 3.05) is 11.5 Å². The van der Waals surface area contributed by atoms with Crippen molar-refractivity contribution in [1.82, 2.24) is 5.32 Å². The number of carbonyl (C=O) groups excluding carboxylic acids is 1. The number of halogens is 1. The molecule has 20 heavy (non-hydrogen) atoms. The number of rotatable bonds is 5. The summed E-state index contributed by atoms with van der Waals surface area (Å²) in [6.07, 6.45) is 0.658. The smallest absolute Gasteiger partial charge is 0.235 e. The molecule has 0 saturated heterocycles. The van der Waals surface area contributed by atoms with Crippen molar-refractivity contribution < 1.29 is 17.6 Å². The van der Waals surface area contributed by atoms with E-state index in [1.807, 2.05) is 6.92 Å². The monoisotopic (exact) mass is 302 g/mol. The molecule has 1 aromatic carbocycles. The number of carbonyl (C=O) groups is 1. The fraction of sp³-hybridized carbons (Fsp3) is 0.462. The SMILES string of the molecule is CCC(C)(C)NC(=O)CS(=O)(=O)c1cc(N)cc(F)c1. The van der Waals surface area contributed by atoms with Gasteiger partial charge in [-0.15, -0.1) is 0 Å². The summed E-state index contributed by atoms with van der Waals surface area (Å²) in [5.74, 6) is -2.11. The van der Waals surface area contributed by atoms with Gasteiger partial charge >= 0.3 is 0 Å². The van der Waals surface area contributed by atoms with Crippen LogP contribution in [0.15, 0.2) is 23.1 Å². The van der Waals surface area contributed by atoms with Crippen LogP contribution in [0.2, 0.25) is 0 Å². The van der Waals surface area contributed by atoms with Crippen LogP contribution >= 0.6 is 0 Å². The summed E-state index contributed by atoms with van der Waals surface area (Å²) in [4.78, 5) is 11.5. The van der Waals surface area contributed by atoms with Gasteiger partial charge < -0.3 is 11.1 Å². The largest absolute Gasteiger partial charge is 0.399 e. The predicted molar refractivity (Wildman–Crippen MR) is 75.4 cm³/mol. The minimum atomic E-state index is -3.92. The van der Waals surface area contributed by atoms with Gasteiger partial charge in [-0.25, -0.2) is 12.8 Å². The molecule has 5 nitrogen and oxygen atoms in total. The van der Waals surface area contributed by atoms with Crippen LogP contribution in [0.25, 0.3) is 0 Å². The number of amides is 1. The predicted octanol–water partition coefficient (Wildman–Crippen LogP) is 1.49. The summed E-state index contributed by atoms with van der Waals surface area (Å²) in [7, 11) is -3.92. The Hall–Kier alpha value is -1.63. The summed E-state index contributed by atoms with van der Waals surface area (Å²) < 4.78 is 37.3. The Bertz CT molecular complexity index is 592. The lowest BCUT2D eigenvalue weighted by atomic mass is 10.0. The van der Waals surface area contributed by atoms with E-state index < -0.39 is 32.9 Å². The number of nitrogens with two attached hydrogens (primary N) is 1. The standard InChI is InChI=1S/C13H19FN2O3S/c1-4-13(2,3)16-12(17)8-20(18,19)11-6-9(14)5-10(15)7-11/h5-7H,4,8,15H2,1-3H3,(H,16,17). The first-order valence-electron chi connectivity index (χ1n) is 6.15. The highest BCUT2D eigenvalue weighted by Gasteiger charge is 2.24. The Morgan fingerprint density at radius 2 is 1.95 bits per heavy atom. The number of anilines is 1. The van der Waals surface area contributed by atoms with E-state index in [9.17, 15) is 17.6 Å². The Balaban J connectivity index is 2.93. The van der Waals surface area contributed by atoms with Gasteiger partial charge in [-0.05, 0) is 38.5 Å². The van der Waals surface area contributed by atoms with Crippen LogP contribution in [0.1, 0.15) is 27.2 Å². The summed E-state index contributed by atoms with van der Waals surface area (Å²) in [5.41, 5.74) is 4.91. The molecule has 112 valence electrons. The molecule has 0 heterocycles. The molecule has 0 fully saturated rings. The molecule has 1 amide bonds. The van der Waals surface area contributed by atoms with Crippen LogP contribution in [0.3, 0.4) is 0 Å². The second-order valence-corrected chi connectivity index (χ2v) is 7.25. The Morgan fingerprint density at radius 1 is 1.35 bits per heavy atom. The van der Waals surface area contributed by atoms with Gasteiger partial charge in [0, 0.05) is 11.2 Å². The molecule has 0 spiro atoms. The summed E-state index contributed by atoms with van der Waals surface area (Å²) in [6, 6.07) is 3.00. The normalized spacial score (nSPS) is 12.2. The second-order valence-electron chi connectivity index (χ2n) is 5.26. The number of nitrogen functional groups attached to an aromatic ring is 1. The fourth-order valence-corrected chi connectivity index (χ4v) is 2.71. The Labute approximate surface area is 118 Å². The maximum atomic E-state index is 13.2. The lowest BCUT2D eigenvalue weighted by Crippen LogP contribution is -2.45. The Kier molecular flexibility index (Phi) is 4.75. The van der Waals surface area contributed by atoms with Crippen LogP contribution in [-0.2, 0) is 14.6 Å². The molecule has 0 aliphatic heterocycles. The van der Waals surface area contributed by atoms with E-state index in [1.54, 1.807) is 13.8 Å². The average Bonchev–Trinajstić information content (AvgIpc) is 2.26. The van der Waals surface area contributed by atoms with Gasteiger partial charge in [-0.2, -0.15) is 0 Å². The first-order valence-corrected chi connectivity index (χ1v) is 7.81. The van der Waals surface area contributed by atoms with Crippen LogP contribution in [0.5, 0.6) is 0 Å². The van der Waals surface area contributed by atoms with Gasteiger partial charge in [0.25, 0.3) is 0 Å². The molecule has 7 heteroatoms. The molecule has 3 N–H and O–H groups in total. The summed E-state index contributed by atoms with van der Waals surface area (Å²) >= 11 is 0.